The number of hydrogen-bond acceptors (Lipinski definition) is 21. The maximum Gasteiger partial charge on any atom is 0.414 e. The van der Waals surface area contributed by atoms with Crippen LogP contribution in [0.1, 0.15) is 50.3 Å². The summed E-state index contributed by atoms with van der Waals surface area (Å²) in [7, 11) is -4.04. The summed E-state index contributed by atoms with van der Waals surface area (Å²) in [5.41, 5.74) is 26.3. The van der Waals surface area contributed by atoms with Crippen LogP contribution >= 0.6 is 0 Å². The van der Waals surface area contributed by atoms with Gasteiger partial charge in [0.1, 0.15) is 47.8 Å². The maximum atomic E-state index is 14.9. The molecule has 7 aliphatic heterocycles. The van der Waals surface area contributed by atoms with Gasteiger partial charge in [0.15, 0.2) is 0 Å². The molecule has 10 amide bonds. The fourth-order valence-electron chi connectivity index (χ4n) is 11.4. The third-order valence-corrected chi connectivity index (χ3v) is 18.1. The monoisotopic (exact) mass is 1520 g/mol. The number of halogens is 3. The van der Waals surface area contributed by atoms with E-state index in [9.17, 15) is 69.5 Å². The number of carbonyl (C=O) groups excluding carboxylic acids is 10. The van der Waals surface area contributed by atoms with Gasteiger partial charge in [0.25, 0.3) is 21.9 Å². The summed E-state index contributed by atoms with van der Waals surface area (Å²) in [4.78, 5) is 136. The number of anilines is 3. The molecule has 6 aromatic rings. The first kappa shape index (κ1) is 81.0. The van der Waals surface area contributed by atoms with E-state index in [2.05, 4.69) is 47.5 Å². The number of nitrogens with one attached hydrogen (secondary N) is 7. The van der Waals surface area contributed by atoms with E-state index in [0.717, 1.165) is 24.0 Å². The molecule has 6 aromatic carbocycles. The average molecular weight is 1520 g/mol. The molecule has 7 saturated heterocycles. The second-order valence-corrected chi connectivity index (χ2v) is 27.1. The van der Waals surface area contributed by atoms with Crippen LogP contribution in [0.15, 0.2) is 127 Å². The molecule has 7 fully saturated rings. The number of hydroxylamine groups is 4. The largest absolute Gasteiger partial charge is 0.442 e. The fraction of sp³-hybridized carbons (Fsp3) is 0.361. The number of aryl methyl sites for hydroxylation is 3. The van der Waals surface area contributed by atoms with E-state index in [-0.39, 0.29) is 105 Å². The average Bonchev–Trinajstić information content (AvgIpc) is 1.76. The van der Waals surface area contributed by atoms with Gasteiger partial charge in [-0.3, -0.25) is 72.2 Å². The zero-order chi connectivity index (χ0) is 77.8. The van der Waals surface area contributed by atoms with Gasteiger partial charge < -0.3 is 41.6 Å². The summed E-state index contributed by atoms with van der Waals surface area (Å²) >= 11 is 0. The van der Waals surface area contributed by atoms with E-state index in [1.54, 1.807) is 60.7 Å². The highest BCUT2D eigenvalue weighted by Gasteiger charge is 2.36. The van der Waals surface area contributed by atoms with Crippen molar-refractivity contribution in [3.8, 4) is 33.4 Å². The van der Waals surface area contributed by atoms with Crippen LogP contribution < -0.4 is 64.0 Å². The van der Waals surface area contributed by atoms with E-state index in [4.69, 9.17) is 39.9 Å². The molecular formula is C72H81F3N12O20S. The van der Waals surface area contributed by atoms with Gasteiger partial charge in [-0.25, -0.2) is 49.5 Å². The molecule has 576 valence electrons. The molecule has 0 radical (unpaired) electrons. The quantitative estimate of drug-likeness (QED) is 0.0355. The number of cyclic esters (lactones) is 3. The molecule has 0 aromatic heterocycles. The number of rotatable bonds is 21. The predicted molar refractivity (Wildman–Crippen MR) is 380 cm³/mol. The predicted octanol–water partition coefficient (Wildman–Crippen LogP) is 4.26. The molecule has 7 aliphatic rings. The van der Waals surface area contributed by atoms with E-state index < -0.39 is 76.2 Å². The number of hydrogen-bond donors (Lipinski definition) is 10. The smallest absolute Gasteiger partial charge is 0.414 e. The van der Waals surface area contributed by atoms with Crippen LogP contribution in [0.3, 0.4) is 0 Å². The van der Waals surface area contributed by atoms with Gasteiger partial charge in [-0.15, -0.1) is 0 Å². The molecule has 108 heavy (non-hydrogen) atoms. The molecular weight excluding hydrogens is 1440 g/mol. The summed E-state index contributed by atoms with van der Waals surface area (Å²) in [6.45, 7) is 6.75. The van der Waals surface area contributed by atoms with Crippen molar-refractivity contribution in [1.82, 2.24) is 37.9 Å². The van der Waals surface area contributed by atoms with Crippen molar-refractivity contribution in [2.75, 3.05) is 86.1 Å². The Labute approximate surface area is 617 Å². The first-order valence-corrected chi connectivity index (χ1v) is 35.6. The summed E-state index contributed by atoms with van der Waals surface area (Å²) in [6, 6.07) is 34.4. The van der Waals surface area contributed by atoms with Crippen molar-refractivity contribution in [3.63, 3.8) is 0 Å². The van der Waals surface area contributed by atoms with Gasteiger partial charge in [-0.05, 0) is 120 Å². The number of nitrogens with zero attached hydrogens (tertiary/aromatic N) is 3. The second kappa shape index (κ2) is 37.9. The Balaban J connectivity index is 0.000000171. The number of amides is 10. The number of ether oxygens (including phenoxy) is 3. The Morgan fingerprint density at radius 1 is 0.444 bits per heavy atom. The summed E-state index contributed by atoms with van der Waals surface area (Å²) in [6.07, 6.45) is -0.271. The standard InChI is InChI=1S/2C23H24FN3O5.C20H21FN2O6S.2C3H6N2O2/c2*1-14(28)25-11-19-12-27(23(30)32-19)18-8-9-20(21(24)10-18)16-5-2-15(3-6-16)4-7-17-13-31-26-22(17)29;1-13(24)22-11-17-12-23(20(25)29-17)16-6-7-18(19(21)10-16)15-4-2-14(3-5-15)8-9-30(26,27)28;2*4-2-1-7-5-3(2)6/h2*2-3,5-6,8-10,17,19H,4,7,11-13H2,1H3,(H,25,28)(H,26,29);2-7,10,17H,8-9,11-12H2,1H3,(H,22,24)(H,26,27,28);2*2H,1,4H2,(H,5,6)/t17-,19+;17-,19-;17-;2*2-/m10010/s1. The third-order valence-electron chi connectivity index (χ3n) is 17.4. The van der Waals surface area contributed by atoms with Gasteiger partial charge in [0, 0.05) is 37.5 Å². The Bertz CT molecular complexity index is 4190. The van der Waals surface area contributed by atoms with Crippen LogP contribution in [-0.2, 0) is 96.5 Å². The highest BCUT2D eigenvalue weighted by atomic mass is 32.2. The molecule has 0 aliphatic carbocycles. The molecule has 0 bridgehead atoms. The Morgan fingerprint density at radius 3 is 0.963 bits per heavy atom. The topological polar surface area (TPSA) is 436 Å². The molecule has 36 heteroatoms. The van der Waals surface area contributed by atoms with Crippen molar-refractivity contribution in [2.24, 2.45) is 23.3 Å². The molecule has 0 saturated carbocycles. The first-order valence-electron chi connectivity index (χ1n) is 34.0. The van der Waals surface area contributed by atoms with Crippen molar-refractivity contribution in [2.45, 2.75) is 83.3 Å². The van der Waals surface area contributed by atoms with Gasteiger partial charge >= 0.3 is 18.3 Å². The molecule has 7 heterocycles. The molecule has 0 unspecified atom stereocenters. The molecule has 32 nitrogen and oxygen atoms in total. The van der Waals surface area contributed by atoms with Gasteiger partial charge in [-0.1, -0.05) is 72.8 Å². The van der Waals surface area contributed by atoms with Crippen LogP contribution in [0.4, 0.5) is 44.6 Å². The molecule has 12 N–H and O–H groups in total. The lowest BCUT2D eigenvalue weighted by Crippen LogP contribution is -2.33. The first-order chi connectivity index (χ1) is 51.5. The lowest BCUT2D eigenvalue weighted by atomic mass is 9.97. The second-order valence-electron chi connectivity index (χ2n) is 25.6. The van der Waals surface area contributed by atoms with Crippen molar-refractivity contribution in [3.05, 3.63) is 162 Å². The molecule has 7 atom stereocenters. The van der Waals surface area contributed by atoms with E-state index in [1.165, 1.54) is 53.7 Å². The maximum absolute atomic E-state index is 14.9. The van der Waals surface area contributed by atoms with Gasteiger partial charge in [-0.2, -0.15) is 8.42 Å². The van der Waals surface area contributed by atoms with Crippen LogP contribution in [0.2, 0.25) is 0 Å². The van der Waals surface area contributed by atoms with E-state index in [1.807, 2.05) is 48.5 Å². The normalized spacial score (nSPS) is 20.5. The summed E-state index contributed by atoms with van der Waals surface area (Å²) < 4.78 is 90.6. The lowest BCUT2D eigenvalue weighted by molar-refractivity contribution is -0.126. The highest BCUT2D eigenvalue weighted by molar-refractivity contribution is 7.85. The van der Waals surface area contributed by atoms with E-state index in [0.29, 0.717) is 95.3 Å². The number of carbonyl (C=O) groups is 10. The highest BCUT2D eigenvalue weighted by Crippen LogP contribution is 2.34. The lowest BCUT2D eigenvalue weighted by Gasteiger charge is -2.15. The fourth-order valence-corrected chi connectivity index (χ4v) is 11.9. The van der Waals surface area contributed by atoms with Crippen LogP contribution in [0, 0.1) is 29.3 Å². The zero-order valence-corrected chi connectivity index (χ0v) is 59.5. The summed E-state index contributed by atoms with van der Waals surface area (Å²) in [5, 5.41) is 7.80. The van der Waals surface area contributed by atoms with Crippen molar-refractivity contribution < 1.29 is 108 Å². The number of benzene rings is 6. The van der Waals surface area contributed by atoms with Crippen LogP contribution in [0.25, 0.3) is 33.4 Å². The van der Waals surface area contributed by atoms with Crippen LogP contribution in [-0.4, -0.2) is 174 Å². The number of nitrogens with two attached hydrogens (primary N) is 2. The summed E-state index contributed by atoms with van der Waals surface area (Å²) in [5.74, 6) is -3.41. The Kier molecular flexibility index (Phi) is 28.4. The molecule has 0 spiro atoms. The van der Waals surface area contributed by atoms with Crippen molar-refractivity contribution in [1.29, 1.82) is 0 Å². The van der Waals surface area contributed by atoms with Crippen LogP contribution in [0.5, 0.6) is 0 Å². The minimum Gasteiger partial charge on any atom is -0.442 e. The molecule has 13 rings (SSSR count). The Morgan fingerprint density at radius 2 is 0.731 bits per heavy atom. The zero-order valence-electron chi connectivity index (χ0n) is 58.7. The third kappa shape index (κ3) is 23.4. The SMILES string of the molecule is CC(=O)NC[C@H]1CN(c2ccc(-c3ccc(CCS(=O)(=O)O)cc3)c(F)c2)C(=O)O1.CC(=O)NC[C@H]1CN(c2ccc(-c3ccc(CC[C@@H]4CONC4=O)cc3)c(F)c2)C(=O)O1.CC(=O)NC[C@H]1CN(c2ccc(-c3ccc(CC[C@H]4CONC4=O)cc3)c(F)c2)C(=O)O1.N[C@@H]1CONC1=O.N[C@H]1CONC1=O. The van der Waals surface area contributed by atoms with Gasteiger partial charge in [0.05, 0.1) is 100 Å². The minimum atomic E-state index is -4.04. The van der Waals surface area contributed by atoms with E-state index >= 15 is 0 Å². The Hall–Kier alpha value is -11.1. The van der Waals surface area contributed by atoms with Crippen molar-refractivity contribution >= 4 is 86.8 Å². The van der Waals surface area contributed by atoms with Gasteiger partial charge in [0.2, 0.25) is 29.5 Å². The minimum absolute atomic E-state index is 0.0906.